The molecule has 0 spiro atoms. The van der Waals surface area contributed by atoms with Gasteiger partial charge in [0.05, 0.1) is 17.6 Å². The molecule has 3 aromatic rings. The highest BCUT2D eigenvalue weighted by Crippen LogP contribution is 2.22. The van der Waals surface area contributed by atoms with Crippen LogP contribution in [0, 0.1) is 0 Å². The monoisotopic (exact) mass is 253 g/mol. The van der Waals surface area contributed by atoms with E-state index in [0.717, 1.165) is 29.1 Å². The van der Waals surface area contributed by atoms with E-state index in [2.05, 4.69) is 20.6 Å². The molecule has 0 aliphatic rings. The lowest BCUT2D eigenvalue weighted by molar-refractivity contribution is 0.188. The highest BCUT2D eigenvalue weighted by Gasteiger charge is 2.12. The average molecular weight is 253 g/mol. The van der Waals surface area contributed by atoms with Crippen molar-refractivity contribution in [2.24, 2.45) is 0 Å². The zero-order valence-electron chi connectivity index (χ0n) is 10.8. The lowest BCUT2D eigenvalue weighted by atomic mass is 10.3. The van der Waals surface area contributed by atoms with Gasteiger partial charge in [-0.25, -0.2) is 4.98 Å². The number of para-hydroxylation sites is 2. The summed E-state index contributed by atoms with van der Waals surface area (Å²) in [4.78, 5) is 9.07. The first-order chi connectivity index (χ1) is 9.40. The largest absolute Gasteiger partial charge is 0.383 e. The van der Waals surface area contributed by atoms with E-state index < -0.39 is 0 Å². The van der Waals surface area contributed by atoms with Gasteiger partial charge in [0, 0.05) is 19.9 Å². The molecule has 2 heterocycles. The standard InChI is InChI=1S/C15H15N3O/c1-19-11-10-18-14-8-3-2-6-12(14)17-15(18)13-7-4-5-9-16-13/h2-9H,10-11H2,1H3. The highest BCUT2D eigenvalue weighted by atomic mass is 16.5. The number of fused-ring (bicyclic) bond motifs is 1. The van der Waals surface area contributed by atoms with Gasteiger partial charge in [-0.3, -0.25) is 4.98 Å². The minimum Gasteiger partial charge on any atom is -0.383 e. The number of benzene rings is 1. The van der Waals surface area contributed by atoms with Crippen LogP contribution in [0.25, 0.3) is 22.6 Å². The lowest BCUT2D eigenvalue weighted by Gasteiger charge is -2.07. The number of methoxy groups -OCH3 is 1. The van der Waals surface area contributed by atoms with Gasteiger partial charge in [-0.1, -0.05) is 18.2 Å². The Kier molecular flexibility index (Phi) is 3.25. The Morgan fingerprint density at radius 2 is 1.95 bits per heavy atom. The van der Waals surface area contributed by atoms with Gasteiger partial charge in [-0.05, 0) is 24.3 Å². The minimum absolute atomic E-state index is 0.653. The summed E-state index contributed by atoms with van der Waals surface area (Å²) in [6.07, 6.45) is 1.79. The molecule has 4 nitrogen and oxygen atoms in total. The quantitative estimate of drug-likeness (QED) is 0.717. The zero-order valence-corrected chi connectivity index (χ0v) is 10.8. The number of nitrogens with zero attached hydrogens (tertiary/aromatic N) is 3. The molecule has 0 atom stereocenters. The van der Waals surface area contributed by atoms with Gasteiger partial charge < -0.3 is 9.30 Å². The third-order valence-corrected chi connectivity index (χ3v) is 3.07. The van der Waals surface area contributed by atoms with Gasteiger partial charge in [0.2, 0.25) is 0 Å². The van der Waals surface area contributed by atoms with Crippen LogP contribution >= 0.6 is 0 Å². The molecule has 0 amide bonds. The fraction of sp³-hybridized carbons (Fsp3) is 0.200. The second-order valence-electron chi connectivity index (χ2n) is 4.28. The maximum atomic E-state index is 5.19. The molecule has 0 bridgehead atoms. The van der Waals surface area contributed by atoms with Crippen LogP contribution in [-0.4, -0.2) is 28.3 Å². The predicted octanol–water partition coefficient (Wildman–Crippen LogP) is 2.74. The van der Waals surface area contributed by atoms with Crippen molar-refractivity contribution >= 4 is 11.0 Å². The fourth-order valence-electron chi connectivity index (χ4n) is 2.17. The summed E-state index contributed by atoms with van der Waals surface area (Å²) in [5.41, 5.74) is 2.98. The van der Waals surface area contributed by atoms with E-state index in [4.69, 9.17) is 4.74 Å². The second-order valence-corrected chi connectivity index (χ2v) is 4.28. The third kappa shape index (κ3) is 2.22. The Labute approximate surface area is 111 Å². The molecule has 0 fully saturated rings. The van der Waals surface area contributed by atoms with E-state index in [1.807, 2.05) is 36.4 Å². The van der Waals surface area contributed by atoms with Gasteiger partial charge in [-0.2, -0.15) is 0 Å². The van der Waals surface area contributed by atoms with Gasteiger partial charge in [0.15, 0.2) is 5.82 Å². The lowest BCUT2D eigenvalue weighted by Crippen LogP contribution is -2.06. The van der Waals surface area contributed by atoms with Gasteiger partial charge in [0.1, 0.15) is 5.69 Å². The van der Waals surface area contributed by atoms with Crippen molar-refractivity contribution in [1.82, 2.24) is 14.5 Å². The summed E-state index contributed by atoms with van der Waals surface area (Å²) in [6.45, 7) is 1.42. The van der Waals surface area contributed by atoms with Crippen molar-refractivity contribution in [3.63, 3.8) is 0 Å². The highest BCUT2D eigenvalue weighted by molar-refractivity contribution is 5.79. The van der Waals surface area contributed by atoms with Crippen LogP contribution in [0.4, 0.5) is 0 Å². The van der Waals surface area contributed by atoms with Crippen molar-refractivity contribution in [2.45, 2.75) is 6.54 Å². The number of hydrogen-bond donors (Lipinski definition) is 0. The number of rotatable bonds is 4. The molecule has 3 rings (SSSR count). The smallest absolute Gasteiger partial charge is 0.159 e. The summed E-state index contributed by atoms with van der Waals surface area (Å²) in [7, 11) is 1.71. The Morgan fingerprint density at radius 3 is 2.74 bits per heavy atom. The Hall–Kier alpha value is -2.20. The van der Waals surface area contributed by atoms with E-state index in [1.54, 1.807) is 13.3 Å². The first-order valence-corrected chi connectivity index (χ1v) is 6.26. The van der Waals surface area contributed by atoms with E-state index in [1.165, 1.54) is 0 Å². The van der Waals surface area contributed by atoms with Crippen LogP contribution in [0.1, 0.15) is 0 Å². The van der Waals surface area contributed by atoms with Crippen molar-refractivity contribution in [3.8, 4) is 11.5 Å². The van der Waals surface area contributed by atoms with Crippen LogP contribution in [0.15, 0.2) is 48.7 Å². The summed E-state index contributed by atoms with van der Waals surface area (Å²) >= 11 is 0. The molecule has 2 aromatic heterocycles. The van der Waals surface area contributed by atoms with E-state index in [-0.39, 0.29) is 0 Å². The predicted molar refractivity (Wildman–Crippen MR) is 74.8 cm³/mol. The van der Waals surface area contributed by atoms with Crippen LogP contribution in [-0.2, 0) is 11.3 Å². The Bertz CT molecular complexity index is 676. The molecule has 4 heteroatoms. The molecule has 0 radical (unpaired) electrons. The number of aromatic nitrogens is 3. The molecule has 0 aliphatic carbocycles. The first-order valence-electron chi connectivity index (χ1n) is 6.26. The van der Waals surface area contributed by atoms with Crippen molar-refractivity contribution in [3.05, 3.63) is 48.7 Å². The Balaban J connectivity index is 2.17. The van der Waals surface area contributed by atoms with Crippen LogP contribution in [0.5, 0.6) is 0 Å². The average Bonchev–Trinajstić information content (AvgIpc) is 2.85. The number of ether oxygens (including phenoxy) is 1. The summed E-state index contributed by atoms with van der Waals surface area (Å²) < 4.78 is 7.34. The molecule has 1 aromatic carbocycles. The topological polar surface area (TPSA) is 39.9 Å². The second kappa shape index (κ2) is 5.20. The number of pyridine rings is 1. The fourth-order valence-corrected chi connectivity index (χ4v) is 2.17. The molecule has 19 heavy (non-hydrogen) atoms. The number of imidazole rings is 1. The first kappa shape index (κ1) is 11.9. The maximum Gasteiger partial charge on any atom is 0.159 e. The van der Waals surface area contributed by atoms with E-state index in [9.17, 15) is 0 Å². The van der Waals surface area contributed by atoms with Gasteiger partial charge in [0.25, 0.3) is 0 Å². The van der Waals surface area contributed by atoms with E-state index in [0.29, 0.717) is 6.61 Å². The molecule has 0 saturated heterocycles. The summed E-state index contributed by atoms with van der Waals surface area (Å²) in [6, 6.07) is 14.0. The van der Waals surface area contributed by atoms with Crippen LogP contribution in [0.2, 0.25) is 0 Å². The van der Waals surface area contributed by atoms with E-state index >= 15 is 0 Å². The third-order valence-electron chi connectivity index (χ3n) is 3.07. The Morgan fingerprint density at radius 1 is 1.11 bits per heavy atom. The molecule has 0 N–H and O–H groups in total. The SMILES string of the molecule is COCCn1c(-c2ccccn2)nc2ccccc21. The van der Waals surface area contributed by atoms with Crippen molar-refractivity contribution in [2.75, 3.05) is 13.7 Å². The van der Waals surface area contributed by atoms with Crippen molar-refractivity contribution < 1.29 is 4.74 Å². The zero-order chi connectivity index (χ0) is 13.1. The number of hydrogen-bond acceptors (Lipinski definition) is 3. The van der Waals surface area contributed by atoms with Gasteiger partial charge in [-0.15, -0.1) is 0 Å². The molecule has 0 saturated carbocycles. The van der Waals surface area contributed by atoms with Gasteiger partial charge >= 0.3 is 0 Å². The maximum absolute atomic E-state index is 5.19. The molecule has 0 unspecified atom stereocenters. The molecular formula is C15H15N3O. The van der Waals surface area contributed by atoms with Crippen LogP contribution in [0.3, 0.4) is 0 Å². The van der Waals surface area contributed by atoms with Crippen LogP contribution < -0.4 is 0 Å². The van der Waals surface area contributed by atoms with Crippen molar-refractivity contribution in [1.29, 1.82) is 0 Å². The molecule has 96 valence electrons. The molecular weight excluding hydrogens is 238 g/mol. The summed E-state index contributed by atoms with van der Waals surface area (Å²) in [5.74, 6) is 0.888. The molecule has 0 aliphatic heterocycles. The minimum atomic E-state index is 0.653. The normalized spacial score (nSPS) is 11.0. The summed E-state index contributed by atoms with van der Waals surface area (Å²) in [5, 5.41) is 0.